The molecule has 100 valence electrons. The van der Waals surface area contributed by atoms with Gasteiger partial charge in [0.2, 0.25) is 0 Å². The molecule has 0 aliphatic rings. The number of aromatic nitrogens is 7. The van der Waals surface area contributed by atoms with Gasteiger partial charge in [0, 0.05) is 0 Å². The van der Waals surface area contributed by atoms with Crippen LogP contribution >= 0.6 is 0 Å². The number of anilines is 1. The number of carbonyl (C=O) groups excluding carboxylic acids is 1. The van der Waals surface area contributed by atoms with E-state index in [1.165, 1.54) is 35.4 Å². The molecule has 0 spiro atoms. The predicted molar refractivity (Wildman–Crippen MR) is 63.4 cm³/mol. The van der Waals surface area contributed by atoms with Crippen LogP contribution in [-0.4, -0.2) is 41.5 Å². The summed E-state index contributed by atoms with van der Waals surface area (Å²) in [5.74, 6) is -1.16. The molecule has 1 amide bonds. The number of amides is 1. The number of nitrogens with one attached hydrogen (secondary N) is 2. The molecule has 0 fully saturated rings. The molecule has 3 rings (SSSR count). The first kappa shape index (κ1) is 11.9. The second kappa shape index (κ2) is 4.84. The summed E-state index contributed by atoms with van der Waals surface area (Å²) in [6.07, 6.45) is 2.59. The Morgan fingerprint density at radius 3 is 3.00 bits per heavy atom. The third-order valence-electron chi connectivity index (χ3n) is 2.46. The highest BCUT2D eigenvalue weighted by Gasteiger charge is 2.13. The Balaban J connectivity index is 1.89. The summed E-state index contributed by atoms with van der Waals surface area (Å²) in [6.45, 7) is 0. The molecule has 20 heavy (non-hydrogen) atoms. The average Bonchev–Trinajstić information content (AvgIpc) is 3.14. The highest BCUT2D eigenvalue weighted by Crippen LogP contribution is 2.18. The number of halogens is 1. The molecule has 10 heteroatoms. The van der Waals surface area contributed by atoms with Crippen molar-refractivity contribution < 1.29 is 9.18 Å². The largest absolute Gasteiger partial charge is 0.318 e. The maximum Gasteiger partial charge on any atom is 0.277 e. The SMILES string of the molecule is O=C(Nc1cc(-n2cnnn2)ccc1F)c1cn[nH]n1. The molecule has 0 aliphatic carbocycles. The Kier molecular flexibility index (Phi) is 2.88. The van der Waals surface area contributed by atoms with Crippen molar-refractivity contribution in [3.63, 3.8) is 0 Å². The fourth-order valence-corrected chi connectivity index (χ4v) is 1.53. The van der Waals surface area contributed by atoms with Crippen LogP contribution in [0.5, 0.6) is 0 Å². The van der Waals surface area contributed by atoms with Gasteiger partial charge >= 0.3 is 0 Å². The number of H-pyrrole nitrogens is 1. The van der Waals surface area contributed by atoms with Crippen molar-refractivity contribution in [3.05, 3.63) is 42.2 Å². The van der Waals surface area contributed by atoms with E-state index in [9.17, 15) is 9.18 Å². The van der Waals surface area contributed by atoms with Crippen LogP contribution in [0.1, 0.15) is 10.5 Å². The van der Waals surface area contributed by atoms with E-state index in [1.807, 2.05) is 0 Å². The van der Waals surface area contributed by atoms with Crippen LogP contribution in [0.15, 0.2) is 30.7 Å². The number of hydrogen-bond acceptors (Lipinski definition) is 6. The molecule has 0 saturated carbocycles. The summed E-state index contributed by atoms with van der Waals surface area (Å²) in [6, 6.07) is 4.09. The minimum absolute atomic E-state index is 0.00833. The Bertz CT molecular complexity index is 724. The molecule has 0 radical (unpaired) electrons. The van der Waals surface area contributed by atoms with Crippen molar-refractivity contribution in [3.8, 4) is 5.69 Å². The van der Waals surface area contributed by atoms with Crippen molar-refractivity contribution in [2.24, 2.45) is 0 Å². The zero-order valence-electron chi connectivity index (χ0n) is 9.86. The lowest BCUT2D eigenvalue weighted by Crippen LogP contribution is -2.14. The van der Waals surface area contributed by atoms with Gasteiger partial charge in [0.15, 0.2) is 5.69 Å². The molecule has 0 bridgehead atoms. The Labute approximate surface area is 110 Å². The number of rotatable bonds is 3. The third kappa shape index (κ3) is 2.21. The summed E-state index contributed by atoms with van der Waals surface area (Å²) < 4.78 is 15.0. The summed E-state index contributed by atoms with van der Waals surface area (Å²) >= 11 is 0. The first-order chi connectivity index (χ1) is 9.74. The zero-order chi connectivity index (χ0) is 13.9. The average molecular weight is 274 g/mol. The third-order valence-corrected chi connectivity index (χ3v) is 2.46. The van der Waals surface area contributed by atoms with Gasteiger partial charge in [-0.05, 0) is 28.6 Å². The zero-order valence-corrected chi connectivity index (χ0v) is 9.86. The topological polar surface area (TPSA) is 114 Å². The van der Waals surface area contributed by atoms with E-state index in [1.54, 1.807) is 0 Å². The second-order valence-corrected chi connectivity index (χ2v) is 3.73. The lowest BCUT2D eigenvalue weighted by atomic mass is 10.2. The highest BCUT2D eigenvalue weighted by atomic mass is 19.1. The molecule has 0 aliphatic heterocycles. The van der Waals surface area contributed by atoms with Gasteiger partial charge in [0.05, 0.1) is 17.6 Å². The lowest BCUT2D eigenvalue weighted by Gasteiger charge is -2.06. The van der Waals surface area contributed by atoms with Gasteiger partial charge in [0.25, 0.3) is 5.91 Å². The van der Waals surface area contributed by atoms with E-state index < -0.39 is 11.7 Å². The summed E-state index contributed by atoms with van der Waals surface area (Å²) in [7, 11) is 0. The van der Waals surface area contributed by atoms with Crippen LogP contribution in [0.4, 0.5) is 10.1 Å². The molecule has 0 atom stereocenters. The fraction of sp³-hybridized carbons (Fsp3) is 0. The first-order valence-corrected chi connectivity index (χ1v) is 5.44. The number of tetrazole rings is 1. The van der Waals surface area contributed by atoms with Gasteiger partial charge in [0.1, 0.15) is 12.1 Å². The summed E-state index contributed by atoms with van der Waals surface area (Å²) in [4.78, 5) is 11.8. The van der Waals surface area contributed by atoms with Crippen LogP contribution < -0.4 is 5.32 Å². The van der Waals surface area contributed by atoms with E-state index >= 15 is 0 Å². The van der Waals surface area contributed by atoms with Gasteiger partial charge in [-0.2, -0.15) is 15.4 Å². The number of hydrogen-bond donors (Lipinski definition) is 2. The molecule has 1 aromatic carbocycles. The Morgan fingerprint density at radius 1 is 1.40 bits per heavy atom. The lowest BCUT2D eigenvalue weighted by molar-refractivity contribution is 0.102. The molecule has 3 aromatic rings. The van der Waals surface area contributed by atoms with Crippen LogP contribution in [0, 0.1) is 5.82 Å². The smallest absolute Gasteiger partial charge is 0.277 e. The van der Waals surface area contributed by atoms with Crippen molar-refractivity contribution in [2.75, 3.05) is 5.32 Å². The number of aromatic amines is 1. The quantitative estimate of drug-likeness (QED) is 0.703. The van der Waals surface area contributed by atoms with Crippen LogP contribution in [0.2, 0.25) is 0 Å². The summed E-state index contributed by atoms with van der Waals surface area (Å²) in [5.41, 5.74) is 0.551. The summed E-state index contributed by atoms with van der Waals surface area (Å²) in [5, 5.41) is 22.4. The van der Waals surface area contributed by atoms with E-state index in [-0.39, 0.29) is 11.4 Å². The molecular weight excluding hydrogens is 267 g/mol. The normalized spacial score (nSPS) is 10.4. The van der Waals surface area contributed by atoms with E-state index in [0.29, 0.717) is 5.69 Å². The standard InChI is InChI=1S/C10H7FN8O/c11-7-2-1-6(19-5-13-17-18-19)3-8(7)14-10(20)9-4-12-16-15-9/h1-5H,(H,14,20)(H,12,15,16). The molecule has 9 nitrogen and oxygen atoms in total. The molecule has 2 aromatic heterocycles. The maximum atomic E-state index is 13.7. The van der Waals surface area contributed by atoms with Crippen molar-refractivity contribution >= 4 is 11.6 Å². The Morgan fingerprint density at radius 2 is 2.30 bits per heavy atom. The van der Waals surface area contributed by atoms with Gasteiger partial charge in [-0.3, -0.25) is 4.79 Å². The van der Waals surface area contributed by atoms with Gasteiger partial charge in [-0.1, -0.05) is 0 Å². The van der Waals surface area contributed by atoms with Gasteiger partial charge in [-0.15, -0.1) is 5.10 Å². The van der Waals surface area contributed by atoms with Crippen LogP contribution in [0.3, 0.4) is 0 Å². The number of nitrogens with zero attached hydrogens (tertiary/aromatic N) is 6. The van der Waals surface area contributed by atoms with E-state index in [0.717, 1.165) is 0 Å². The highest BCUT2D eigenvalue weighted by molar-refractivity contribution is 6.02. The predicted octanol–water partition coefficient (Wildman–Crippen LogP) is 0.172. The van der Waals surface area contributed by atoms with Gasteiger partial charge < -0.3 is 5.32 Å². The maximum absolute atomic E-state index is 13.7. The Hall–Kier alpha value is -3.17. The molecule has 2 heterocycles. The molecule has 0 saturated heterocycles. The fourth-order valence-electron chi connectivity index (χ4n) is 1.53. The first-order valence-electron chi connectivity index (χ1n) is 5.44. The number of benzene rings is 1. The minimum Gasteiger partial charge on any atom is -0.318 e. The van der Waals surface area contributed by atoms with Crippen LogP contribution in [-0.2, 0) is 0 Å². The minimum atomic E-state index is -0.585. The van der Waals surface area contributed by atoms with Crippen molar-refractivity contribution in [1.82, 2.24) is 35.6 Å². The van der Waals surface area contributed by atoms with Gasteiger partial charge in [-0.25, -0.2) is 9.07 Å². The number of carbonyl (C=O) groups is 1. The monoisotopic (exact) mass is 274 g/mol. The molecule has 2 N–H and O–H groups in total. The van der Waals surface area contributed by atoms with Crippen LogP contribution in [0.25, 0.3) is 5.69 Å². The van der Waals surface area contributed by atoms with E-state index in [2.05, 4.69) is 36.3 Å². The van der Waals surface area contributed by atoms with Crippen molar-refractivity contribution in [1.29, 1.82) is 0 Å². The molecular formula is C10H7FN8O. The second-order valence-electron chi connectivity index (χ2n) is 3.73. The van der Waals surface area contributed by atoms with E-state index in [4.69, 9.17) is 0 Å². The molecule has 0 unspecified atom stereocenters. The van der Waals surface area contributed by atoms with Crippen molar-refractivity contribution in [2.45, 2.75) is 0 Å².